The third kappa shape index (κ3) is 4.75. The van der Waals surface area contributed by atoms with Crippen molar-refractivity contribution in [3.8, 4) is 11.5 Å². The fourth-order valence-electron chi connectivity index (χ4n) is 2.88. The number of para-hydroxylation sites is 1. The lowest BCUT2D eigenvalue weighted by Crippen LogP contribution is -2.36. The summed E-state index contributed by atoms with van der Waals surface area (Å²) in [6.07, 6.45) is 4.72. The molecule has 4 heteroatoms. The number of benzene rings is 2. The van der Waals surface area contributed by atoms with Gasteiger partial charge in [-0.1, -0.05) is 31.0 Å². The smallest absolute Gasteiger partial charge is 0.241 e. The average Bonchev–Trinajstić information content (AvgIpc) is 2.91. The van der Waals surface area contributed by atoms with Gasteiger partial charge in [-0.15, -0.1) is 0 Å². The summed E-state index contributed by atoms with van der Waals surface area (Å²) in [4.78, 5) is 14.3. The van der Waals surface area contributed by atoms with Crippen molar-refractivity contribution in [1.82, 2.24) is 4.90 Å². The zero-order chi connectivity index (χ0) is 16.6. The highest BCUT2D eigenvalue weighted by atomic mass is 16.5. The second kappa shape index (κ2) is 8.39. The van der Waals surface area contributed by atoms with Crippen LogP contribution in [0.15, 0.2) is 54.6 Å². The molecule has 1 heterocycles. The number of nitrogens with zero attached hydrogens (tertiary/aromatic N) is 1. The van der Waals surface area contributed by atoms with Crippen LogP contribution in [0.5, 0.6) is 11.5 Å². The molecular weight excluding hydrogens is 300 g/mol. The molecule has 4 nitrogen and oxygen atoms in total. The first kappa shape index (κ1) is 16.4. The van der Waals surface area contributed by atoms with E-state index in [2.05, 4.69) is 5.32 Å². The van der Waals surface area contributed by atoms with Crippen LogP contribution in [0, 0.1) is 0 Å². The topological polar surface area (TPSA) is 41.6 Å². The molecule has 0 saturated carbocycles. The molecule has 126 valence electrons. The number of nitrogens with one attached hydrogen (secondary N) is 1. The highest BCUT2D eigenvalue weighted by molar-refractivity contribution is 5.80. The second-order valence-corrected chi connectivity index (χ2v) is 6.09. The quantitative estimate of drug-likeness (QED) is 0.892. The Labute approximate surface area is 143 Å². The van der Waals surface area contributed by atoms with Crippen molar-refractivity contribution >= 4 is 11.6 Å². The molecule has 0 atom stereocenters. The predicted octanol–water partition coefficient (Wildman–Crippen LogP) is 4.29. The van der Waals surface area contributed by atoms with Crippen LogP contribution in [0.3, 0.4) is 0 Å². The summed E-state index contributed by atoms with van der Waals surface area (Å²) in [6, 6.07) is 17.4. The SMILES string of the molecule is O=C(CNc1ccc(Oc2ccccc2)cc1)N1CCCCCC1. The van der Waals surface area contributed by atoms with E-state index in [1.54, 1.807) is 0 Å². The number of carbonyl (C=O) groups excluding carboxylic acids is 1. The van der Waals surface area contributed by atoms with Crippen molar-refractivity contribution in [1.29, 1.82) is 0 Å². The average molecular weight is 324 g/mol. The molecule has 1 N–H and O–H groups in total. The van der Waals surface area contributed by atoms with Gasteiger partial charge in [0.2, 0.25) is 5.91 Å². The number of ether oxygens (including phenoxy) is 1. The van der Waals surface area contributed by atoms with E-state index in [0.717, 1.165) is 43.1 Å². The Morgan fingerprint density at radius 3 is 2.17 bits per heavy atom. The zero-order valence-electron chi connectivity index (χ0n) is 13.9. The molecular formula is C20H24N2O2. The molecule has 2 aromatic carbocycles. The molecule has 3 rings (SSSR count). The summed E-state index contributed by atoms with van der Waals surface area (Å²) < 4.78 is 5.77. The third-order valence-electron chi connectivity index (χ3n) is 4.24. The molecule has 2 aromatic rings. The van der Waals surface area contributed by atoms with E-state index in [9.17, 15) is 4.79 Å². The largest absolute Gasteiger partial charge is 0.457 e. The van der Waals surface area contributed by atoms with Crippen LogP contribution in [0.1, 0.15) is 25.7 Å². The van der Waals surface area contributed by atoms with E-state index < -0.39 is 0 Å². The standard InChI is InChI=1S/C20H24N2O2/c23-20(22-14-6-1-2-7-15-22)16-21-17-10-12-19(13-11-17)24-18-8-4-3-5-9-18/h3-5,8-13,21H,1-2,6-7,14-16H2. The molecule has 0 unspecified atom stereocenters. The van der Waals surface area contributed by atoms with Crippen LogP contribution in [0.25, 0.3) is 0 Å². The highest BCUT2D eigenvalue weighted by Crippen LogP contribution is 2.22. The van der Waals surface area contributed by atoms with Gasteiger partial charge in [-0.25, -0.2) is 0 Å². The van der Waals surface area contributed by atoms with Crippen molar-refractivity contribution in [3.05, 3.63) is 54.6 Å². The predicted molar refractivity (Wildman–Crippen MR) is 96.5 cm³/mol. The molecule has 1 aliphatic rings. The fourth-order valence-corrected chi connectivity index (χ4v) is 2.88. The summed E-state index contributed by atoms with van der Waals surface area (Å²) in [5, 5.41) is 3.21. The number of hydrogen-bond donors (Lipinski definition) is 1. The number of amides is 1. The summed E-state index contributed by atoms with van der Waals surface area (Å²) in [6.45, 7) is 2.13. The second-order valence-electron chi connectivity index (χ2n) is 6.09. The lowest BCUT2D eigenvalue weighted by Gasteiger charge is -2.20. The Hall–Kier alpha value is -2.49. The van der Waals surface area contributed by atoms with Crippen molar-refractivity contribution in [3.63, 3.8) is 0 Å². The summed E-state index contributed by atoms with van der Waals surface area (Å²) >= 11 is 0. The molecule has 0 spiro atoms. The molecule has 24 heavy (non-hydrogen) atoms. The van der Waals surface area contributed by atoms with Crippen molar-refractivity contribution in [2.75, 3.05) is 25.0 Å². The number of likely N-dealkylation sites (tertiary alicyclic amines) is 1. The monoisotopic (exact) mass is 324 g/mol. The van der Waals surface area contributed by atoms with Crippen LogP contribution < -0.4 is 10.1 Å². The molecule has 0 bridgehead atoms. The Balaban J connectivity index is 1.49. The first-order chi connectivity index (χ1) is 11.8. The Morgan fingerprint density at radius 1 is 0.875 bits per heavy atom. The maximum atomic E-state index is 12.3. The van der Waals surface area contributed by atoms with E-state index in [0.29, 0.717) is 6.54 Å². The van der Waals surface area contributed by atoms with Gasteiger partial charge in [-0.2, -0.15) is 0 Å². The Bertz CT molecular complexity index is 632. The van der Waals surface area contributed by atoms with E-state index >= 15 is 0 Å². The summed E-state index contributed by atoms with van der Waals surface area (Å²) in [7, 11) is 0. The molecule has 0 aromatic heterocycles. The van der Waals surface area contributed by atoms with E-state index in [1.807, 2.05) is 59.5 Å². The maximum absolute atomic E-state index is 12.3. The van der Waals surface area contributed by atoms with Gasteiger partial charge in [0.1, 0.15) is 11.5 Å². The zero-order valence-corrected chi connectivity index (χ0v) is 13.9. The van der Waals surface area contributed by atoms with Crippen LogP contribution >= 0.6 is 0 Å². The van der Waals surface area contributed by atoms with Crippen molar-refractivity contribution < 1.29 is 9.53 Å². The lowest BCUT2D eigenvalue weighted by molar-refractivity contribution is -0.129. The minimum Gasteiger partial charge on any atom is -0.457 e. The normalized spacial score (nSPS) is 14.8. The fraction of sp³-hybridized carbons (Fsp3) is 0.350. The first-order valence-corrected chi connectivity index (χ1v) is 8.66. The third-order valence-corrected chi connectivity index (χ3v) is 4.24. The molecule has 1 amide bonds. The van der Waals surface area contributed by atoms with Crippen LogP contribution in [-0.4, -0.2) is 30.4 Å². The van der Waals surface area contributed by atoms with E-state index in [4.69, 9.17) is 4.74 Å². The van der Waals surface area contributed by atoms with Gasteiger partial charge in [-0.05, 0) is 49.2 Å². The van der Waals surface area contributed by atoms with E-state index in [1.165, 1.54) is 12.8 Å². The first-order valence-electron chi connectivity index (χ1n) is 8.66. The maximum Gasteiger partial charge on any atom is 0.241 e. The molecule has 0 aliphatic carbocycles. The van der Waals surface area contributed by atoms with Crippen LogP contribution in [0.4, 0.5) is 5.69 Å². The molecule has 1 fully saturated rings. The van der Waals surface area contributed by atoms with Gasteiger partial charge in [0.15, 0.2) is 0 Å². The Morgan fingerprint density at radius 2 is 1.50 bits per heavy atom. The minimum atomic E-state index is 0.182. The van der Waals surface area contributed by atoms with E-state index in [-0.39, 0.29) is 5.91 Å². The summed E-state index contributed by atoms with van der Waals surface area (Å²) in [5.41, 5.74) is 0.929. The van der Waals surface area contributed by atoms with Crippen LogP contribution in [0.2, 0.25) is 0 Å². The van der Waals surface area contributed by atoms with Gasteiger partial charge >= 0.3 is 0 Å². The minimum absolute atomic E-state index is 0.182. The molecule has 1 aliphatic heterocycles. The lowest BCUT2D eigenvalue weighted by atomic mass is 10.2. The summed E-state index contributed by atoms with van der Waals surface area (Å²) in [5.74, 6) is 1.78. The number of anilines is 1. The van der Waals surface area contributed by atoms with Gasteiger partial charge in [0.05, 0.1) is 6.54 Å². The van der Waals surface area contributed by atoms with Gasteiger partial charge in [-0.3, -0.25) is 4.79 Å². The van der Waals surface area contributed by atoms with Gasteiger partial charge < -0.3 is 15.0 Å². The molecule has 1 saturated heterocycles. The van der Waals surface area contributed by atoms with Crippen molar-refractivity contribution in [2.45, 2.75) is 25.7 Å². The number of carbonyl (C=O) groups is 1. The molecule has 0 radical (unpaired) electrons. The number of hydrogen-bond acceptors (Lipinski definition) is 3. The van der Waals surface area contributed by atoms with Crippen molar-refractivity contribution in [2.24, 2.45) is 0 Å². The highest BCUT2D eigenvalue weighted by Gasteiger charge is 2.14. The number of rotatable bonds is 5. The van der Waals surface area contributed by atoms with Crippen LogP contribution in [-0.2, 0) is 4.79 Å². The Kier molecular flexibility index (Phi) is 5.72. The van der Waals surface area contributed by atoms with Gasteiger partial charge in [0, 0.05) is 18.8 Å². The van der Waals surface area contributed by atoms with Gasteiger partial charge in [0.25, 0.3) is 0 Å².